The molecule has 1 saturated carbocycles. The van der Waals surface area contributed by atoms with E-state index >= 15 is 0 Å². The second-order valence-corrected chi connectivity index (χ2v) is 10.7. The molecule has 1 aromatic heterocycles. The van der Waals surface area contributed by atoms with Crippen LogP contribution < -0.4 is 10.3 Å². The Morgan fingerprint density at radius 2 is 1.69 bits per heavy atom. The maximum Gasteiger partial charge on any atom is 0.316 e. The second-order valence-electron chi connectivity index (χ2n) is 10.7. The molecule has 0 unspecified atom stereocenters. The Hall–Kier alpha value is -3.41. The highest BCUT2D eigenvalue weighted by atomic mass is 16.5. The molecule has 0 bridgehead atoms. The molecule has 1 atom stereocenters. The maximum atomic E-state index is 13.5. The van der Waals surface area contributed by atoms with E-state index in [9.17, 15) is 9.59 Å². The summed E-state index contributed by atoms with van der Waals surface area (Å²) in [6, 6.07) is 16.4. The van der Waals surface area contributed by atoms with Crippen LogP contribution in [0.1, 0.15) is 71.2 Å². The molecule has 0 radical (unpaired) electrons. The number of hydrogen-bond acceptors (Lipinski definition) is 4. The Balaban J connectivity index is 1.60. The molecule has 0 spiro atoms. The third-order valence-corrected chi connectivity index (χ3v) is 7.97. The lowest BCUT2D eigenvalue weighted by atomic mass is 9.75. The summed E-state index contributed by atoms with van der Waals surface area (Å²) >= 11 is 0. The third-order valence-electron chi connectivity index (χ3n) is 7.97. The van der Waals surface area contributed by atoms with E-state index in [1.165, 1.54) is 16.7 Å². The minimum atomic E-state index is -0.461. The van der Waals surface area contributed by atoms with Crippen LogP contribution in [0.2, 0.25) is 0 Å². The van der Waals surface area contributed by atoms with Gasteiger partial charge in [-0.2, -0.15) is 4.98 Å². The molecule has 2 aliphatic rings. The predicted octanol–water partition coefficient (Wildman–Crippen LogP) is 4.97. The molecule has 1 fully saturated rings. The number of hydrogen-bond donors (Lipinski definition) is 0. The molecule has 5 rings (SSSR count). The summed E-state index contributed by atoms with van der Waals surface area (Å²) in [4.78, 5) is 33.1. The van der Waals surface area contributed by atoms with Gasteiger partial charge < -0.3 is 14.2 Å². The minimum Gasteiger partial charge on any atom is -0.481 e. The van der Waals surface area contributed by atoms with E-state index in [2.05, 4.69) is 37.0 Å². The molecular weight excluding hydrogens is 450 g/mol. The average molecular weight is 486 g/mol. The predicted molar refractivity (Wildman–Crippen MR) is 141 cm³/mol. The Morgan fingerprint density at radius 1 is 1.03 bits per heavy atom. The quantitative estimate of drug-likeness (QED) is 0.495. The molecule has 1 aliphatic heterocycles. The fourth-order valence-corrected chi connectivity index (χ4v) is 5.94. The standard InChI is InChI=1S/C30H35N3O3/c1-20-14-21(2)16-24(15-20)30(12-8-9-13-30)17-25-31-28(34)27(36-19-23-10-6-5-7-11-23)26-29(35)32(4)22(3)18-33(25)26/h5-7,10-11,14-16,22H,8-9,12-13,17-19H2,1-4H3/t22-/m0/s1. The maximum absolute atomic E-state index is 13.5. The number of ether oxygens (including phenoxy) is 1. The van der Waals surface area contributed by atoms with E-state index in [4.69, 9.17) is 4.74 Å². The van der Waals surface area contributed by atoms with Gasteiger partial charge in [0.15, 0.2) is 5.69 Å². The molecule has 0 N–H and O–H groups in total. The first-order valence-electron chi connectivity index (χ1n) is 12.9. The van der Waals surface area contributed by atoms with Crippen molar-refractivity contribution in [3.63, 3.8) is 0 Å². The lowest BCUT2D eigenvalue weighted by molar-refractivity contribution is 0.0657. The molecule has 6 nitrogen and oxygen atoms in total. The van der Waals surface area contributed by atoms with Gasteiger partial charge >= 0.3 is 5.56 Å². The normalized spacial score (nSPS) is 18.8. The van der Waals surface area contributed by atoms with E-state index in [1.807, 2.05) is 41.8 Å². The molecule has 2 heterocycles. The number of benzene rings is 2. The summed E-state index contributed by atoms with van der Waals surface area (Å²) in [7, 11) is 1.79. The number of aromatic nitrogens is 2. The summed E-state index contributed by atoms with van der Waals surface area (Å²) in [5.74, 6) is 0.555. The van der Waals surface area contributed by atoms with Gasteiger partial charge in [-0.1, -0.05) is 72.5 Å². The topological polar surface area (TPSA) is 64.4 Å². The number of fused-ring (bicyclic) bond motifs is 1. The van der Waals surface area contributed by atoms with Crippen molar-refractivity contribution in [3.8, 4) is 5.75 Å². The van der Waals surface area contributed by atoms with E-state index in [0.717, 1.165) is 31.2 Å². The molecular formula is C30H35N3O3. The molecule has 1 amide bonds. The minimum absolute atomic E-state index is 0.00392. The highest BCUT2D eigenvalue weighted by Crippen LogP contribution is 2.44. The zero-order valence-corrected chi connectivity index (χ0v) is 21.7. The molecule has 1 aliphatic carbocycles. The van der Waals surface area contributed by atoms with E-state index in [0.29, 0.717) is 24.5 Å². The summed E-state index contributed by atoms with van der Waals surface area (Å²) in [6.07, 6.45) is 5.05. The molecule has 0 saturated heterocycles. The largest absolute Gasteiger partial charge is 0.481 e. The highest BCUT2D eigenvalue weighted by Gasteiger charge is 2.40. The van der Waals surface area contributed by atoms with Crippen molar-refractivity contribution in [2.24, 2.45) is 0 Å². The molecule has 6 heteroatoms. The lowest BCUT2D eigenvalue weighted by Gasteiger charge is -2.37. The zero-order chi connectivity index (χ0) is 25.4. The molecule has 188 valence electrons. The molecule has 3 aromatic rings. The summed E-state index contributed by atoms with van der Waals surface area (Å²) < 4.78 is 7.97. The number of carbonyl (C=O) groups is 1. The van der Waals surface area contributed by atoms with Crippen molar-refractivity contribution in [1.82, 2.24) is 14.5 Å². The Morgan fingerprint density at radius 3 is 2.36 bits per heavy atom. The Bertz CT molecular complexity index is 1320. The third kappa shape index (κ3) is 4.45. The number of likely N-dealkylation sites (N-methyl/N-ethyl adjacent to an activating group) is 1. The monoisotopic (exact) mass is 485 g/mol. The van der Waals surface area contributed by atoms with Gasteiger partial charge in [-0.15, -0.1) is 0 Å². The molecule has 36 heavy (non-hydrogen) atoms. The van der Waals surface area contributed by atoms with Crippen molar-refractivity contribution in [2.45, 2.75) is 77.5 Å². The number of nitrogens with zero attached hydrogens (tertiary/aromatic N) is 3. The number of amides is 1. The Kier molecular flexibility index (Phi) is 6.45. The second kappa shape index (κ2) is 9.57. The van der Waals surface area contributed by atoms with Crippen LogP contribution in [-0.4, -0.2) is 33.4 Å². The van der Waals surface area contributed by atoms with Gasteiger partial charge in [0, 0.05) is 31.5 Å². The number of aryl methyl sites for hydroxylation is 2. The van der Waals surface area contributed by atoms with Gasteiger partial charge in [-0.25, -0.2) is 0 Å². The van der Waals surface area contributed by atoms with Gasteiger partial charge in [0.25, 0.3) is 5.91 Å². The fourth-order valence-electron chi connectivity index (χ4n) is 5.94. The van der Waals surface area contributed by atoms with E-state index < -0.39 is 5.56 Å². The summed E-state index contributed by atoms with van der Waals surface area (Å²) in [5.41, 5.74) is 4.53. The van der Waals surface area contributed by atoms with Gasteiger partial charge in [-0.3, -0.25) is 9.59 Å². The molecule has 2 aromatic carbocycles. The smallest absolute Gasteiger partial charge is 0.316 e. The van der Waals surface area contributed by atoms with Gasteiger partial charge in [-0.05, 0) is 44.7 Å². The van der Waals surface area contributed by atoms with Crippen LogP contribution >= 0.6 is 0 Å². The lowest BCUT2D eigenvalue weighted by Crippen LogP contribution is -2.47. The van der Waals surface area contributed by atoms with Gasteiger partial charge in [0.05, 0.1) is 0 Å². The van der Waals surface area contributed by atoms with Crippen LogP contribution in [0.15, 0.2) is 53.3 Å². The first-order chi connectivity index (χ1) is 17.3. The first-order valence-corrected chi connectivity index (χ1v) is 12.9. The van der Waals surface area contributed by atoms with Crippen molar-refractivity contribution in [2.75, 3.05) is 7.05 Å². The average Bonchev–Trinajstić information content (AvgIpc) is 3.32. The van der Waals surface area contributed by atoms with Crippen molar-refractivity contribution < 1.29 is 9.53 Å². The summed E-state index contributed by atoms with van der Waals surface area (Å²) in [5, 5.41) is 0. The number of carbonyl (C=O) groups excluding carboxylic acids is 1. The highest BCUT2D eigenvalue weighted by molar-refractivity contribution is 5.96. The fraction of sp³-hybridized carbons (Fsp3) is 0.433. The van der Waals surface area contributed by atoms with Gasteiger partial charge in [0.2, 0.25) is 5.75 Å². The first kappa shape index (κ1) is 24.3. The van der Waals surface area contributed by atoms with Crippen molar-refractivity contribution >= 4 is 5.91 Å². The van der Waals surface area contributed by atoms with Crippen LogP contribution in [0.4, 0.5) is 0 Å². The van der Waals surface area contributed by atoms with Crippen LogP contribution in [-0.2, 0) is 25.0 Å². The van der Waals surface area contributed by atoms with Crippen molar-refractivity contribution in [1.29, 1.82) is 0 Å². The zero-order valence-electron chi connectivity index (χ0n) is 21.7. The van der Waals surface area contributed by atoms with Crippen molar-refractivity contribution in [3.05, 3.63) is 92.7 Å². The van der Waals surface area contributed by atoms with E-state index in [1.54, 1.807) is 11.9 Å². The van der Waals surface area contributed by atoms with Crippen LogP contribution in [0, 0.1) is 13.8 Å². The Labute approximate surface area is 212 Å². The number of rotatable bonds is 6. The summed E-state index contributed by atoms with van der Waals surface area (Å²) in [6.45, 7) is 7.11. The van der Waals surface area contributed by atoms with Crippen LogP contribution in [0.3, 0.4) is 0 Å². The SMILES string of the molecule is Cc1cc(C)cc(C2(Cc3nc(=O)c(OCc4ccccc4)c4n3C[C@H](C)N(C)C4=O)CCCC2)c1. The van der Waals surface area contributed by atoms with Gasteiger partial charge in [0.1, 0.15) is 12.4 Å². The van der Waals surface area contributed by atoms with E-state index in [-0.39, 0.29) is 29.7 Å². The van der Waals surface area contributed by atoms with Crippen LogP contribution in [0.5, 0.6) is 5.75 Å². The van der Waals surface area contributed by atoms with Crippen LogP contribution in [0.25, 0.3) is 0 Å².